The molecule has 30 heteroatoms. The predicted octanol–water partition coefficient (Wildman–Crippen LogP) is 6.65. The van der Waals surface area contributed by atoms with Crippen molar-refractivity contribution < 1.29 is 74.1 Å². The van der Waals surface area contributed by atoms with Crippen molar-refractivity contribution in [3.05, 3.63) is 45.5 Å². The average molecular weight is 1100 g/mol. The maximum Gasteiger partial charge on any atom is 0.396 e. The van der Waals surface area contributed by atoms with Gasteiger partial charge in [0.15, 0.2) is 33.3 Å². The monoisotopic (exact) mass is 1100 g/mol. The Kier molecular flexibility index (Phi) is 22.8. The first kappa shape index (κ1) is 59.5. The zero-order valence-corrected chi connectivity index (χ0v) is 48.0. The van der Waals surface area contributed by atoms with Crippen LogP contribution in [0.5, 0.6) is 0 Å². The van der Waals surface area contributed by atoms with Gasteiger partial charge in [0.05, 0.1) is 38.3 Å². The van der Waals surface area contributed by atoms with Crippen molar-refractivity contribution in [2.75, 3.05) is 37.1 Å². The molecule has 2 aliphatic heterocycles. The third-order valence-electron chi connectivity index (χ3n) is 8.85. The highest BCUT2D eigenvalue weighted by Crippen LogP contribution is 2.47. The van der Waals surface area contributed by atoms with Crippen LogP contribution in [0.4, 0.5) is 11.6 Å². The van der Waals surface area contributed by atoms with Crippen LogP contribution < -0.4 is 22.0 Å². The van der Waals surface area contributed by atoms with E-state index in [4.69, 9.17) is 45.1 Å². The number of aliphatic hydroxyl groups is 1. The summed E-state index contributed by atoms with van der Waals surface area (Å²) in [6.45, 7) is 24.0. The number of nitrogens with one attached hydrogen (secondary N) is 2. The third-order valence-corrected chi connectivity index (χ3v) is 20.7. The molecule has 2 aromatic heterocycles. The fourth-order valence-electron chi connectivity index (χ4n) is 6.06. The van der Waals surface area contributed by atoms with Gasteiger partial charge in [0.1, 0.15) is 30.7 Å². The molecule has 24 nitrogen and oxygen atoms in total. The number of aliphatic hydroxyl groups excluding tert-OH is 1. The fraction of sp³-hybridized carbons (Fsp3) is 0.700. The highest BCUT2D eigenvalue weighted by Gasteiger charge is 2.35. The molecular formula is C40H71N6O18P2Si4+. The largest absolute Gasteiger partial charge is 0.396 e. The molecule has 2 fully saturated rings. The Bertz CT molecular complexity index is 2010. The Labute approximate surface area is 414 Å². The van der Waals surface area contributed by atoms with Gasteiger partial charge in [-0.2, -0.15) is 9.97 Å². The summed E-state index contributed by atoms with van der Waals surface area (Å²) >= 11 is 0. The minimum Gasteiger partial charge on any atom is -0.388 e. The number of amides is 2. The zero-order valence-electron chi connectivity index (χ0n) is 42.2. The minimum absolute atomic E-state index is 0.0508. The second kappa shape index (κ2) is 26.8. The normalized spacial score (nSPS) is 19.0. The number of hydrogen-bond acceptors (Lipinski definition) is 19. The zero-order chi connectivity index (χ0) is 52.0. The molecule has 0 spiro atoms. The van der Waals surface area contributed by atoms with Gasteiger partial charge in [0.2, 0.25) is 11.8 Å². The van der Waals surface area contributed by atoms with Crippen LogP contribution >= 0.6 is 17.2 Å². The summed E-state index contributed by atoms with van der Waals surface area (Å²) in [7, 11) is -10.9. The molecule has 394 valence electrons. The number of carbonyl (C=O) groups is 4. The van der Waals surface area contributed by atoms with Crippen LogP contribution in [-0.4, -0.2) is 120 Å². The molecule has 0 aliphatic carbocycles. The highest BCUT2D eigenvalue weighted by atomic mass is 31.2. The van der Waals surface area contributed by atoms with Crippen LogP contribution in [0, 0.1) is 0 Å². The molecule has 4 atom stereocenters. The Hall–Kier alpha value is -3.03. The Morgan fingerprint density at radius 1 is 0.629 bits per heavy atom. The van der Waals surface area contributed by atoms with Gasteiger partial charge in [0, 0.05) is 29.9 Å². The number of ether oxygens (including phenoxy) is 2. The SMILES string of the molecule is C[Si](C)(C)OP(OCC1CCC(n2ccc(NC(=O)CCC(=O)O[O+](CCO)OC(=O)CCC(=O)Nc3ccn(C4CCC(COP(O[Si](C)(C)C)O[Si](C)(C)C)O4)c(=O)n3)nc2=O)O1)O[Si](C)(C)C. The van der Waals surface area contributed by atoms with E-state index in [1.807, 2.05) is 0 Å². The van der Waals surface area contributed by atoms with Crippen molar-refractivity contribution in [3.63, 3.8) is 0 Å². The van der Waals surface area contributed by atoms with Crippen LogP contribution in [0.1, 0.15) is 63.8 Å². The van der Waals surface area contributed by atoms with E-state index in [1.54, 1.807) is 0 Å². The van der Waals surface area contributed by atoms with Crippen LogP contribution in [0.2, 0.25) is 78.6 Å². The molecule has 2 aromatic rings. The summed E-state index contributed by atoms with van der Waals surface area (Å²) in [5.74, 6) is -3.49. The quantitative estimate of drug-likeness (QED) is 0.0264. The summed E-state index contributed by atoms with van der Waals surface area (Å²) in [6.07, 6.45) is 1.61. The van der Waals surface area contributed by atoms with E-state index in [2.05, 4.69) is 99.2 Å². The van der Waals surface area contributed by atoms with Crippen molar-refractivity contribution in [2.45, 2.75) is 155 Å². The van der Waals surface area contributed by atoms with E-state index >= 15 is 0 Å². The van der Waals surface area contributed by atoms with Gasteiger partial charge in [-0.25, -0.2) is 19.2 Å². The number of anilines is 2. The summed E-state index contributed by atoms with van der Waals surface area (Å²) in [4.78, 5) is 93.9. The molecule has 4 heterocycles. The predicted molar refractivity (Wildman–Crippen MR) is 268 cm³/mol. The van der Waals surface area contributed by atoms with Crippen molar-refractivity contribution in [3.8, 4) is 0 Å². The fourth-order valence-corrected chi connectivity index (χ4v) is 15.6. The summed E-state index contributed by atoms with van der Waals surface area (Å²) < 4.78 is 52.8. The average Bonchev–Trinajstić information content (AvgIpc) is 3.89. The molecule has 70 heavy (non-hydrogen) atoms. The highest BCUT2D eigenvalue weighted by molar-refractivity contribution is 7.46. The maximum absolute atomic E-state index is 12.9. The number of carbonyl (C=O) groups excluding carboxylic acids is 4. The number of nitrogens with zero attached hydrogens (tertiary/aromatic N) is 4. The standard InChI is InChI=1S/C40H70N6O18P2Si4/c1-67(2,3)60-65(61-68(4,5)6)54-27-29-13-17-35(56-29)45-23-21-31(43-39(45)52)41-33(48)15-19-37(50)58-64(26-25-47)59-38(51)20-16-34(49)42-32-22-24-46(40(53)44-32)36-18-14-30(57-36)28-55-66(62-69(7,8)9)63-70(10,11)12/h21-24,29-30,35-36,47H,13-20,25-28H2,1-12H3,(H-,41,42,43,44,48,49,52,53)/p+1. The molecule has 0 aromatic carbocycles. The van der Waals surface area contributed by atoms with Crippen molar-refractivity contribution in [1.82, 2.24) is 19.1 Å². The summed E-state index contributed by atoms with van der Waals surface area (Å²) in [5.41, 5.74) is -1.32. The molecule has 0 bridgehead atoms. The van der Waals surface area contributed by atoms with Gasteiger partial charge < -0.3 is 51.1 Å². The van der Waals surface area contributed by atoms with Crippen molar-refractivity contribution >= 4 is 85.9 Å². The van der Waals surface area contributed by atoms with Crippen molar-refractivity contribution in [2.24, 2.45) is 0 Å². The second-order valence-corrected chi connectivity index (χ2v) is 41.4. The molecular weight excluding hydrogens is 1030 g/mol. The van der Waals surface area contributed by atoms with E-state index < -0.39 is 137 Å². The topological polar surface area (TPSA) is 277 Å². The first-order chi connectivity index (χ1) is 32.5. The van der Waals surface area contributed by atoms with Crippen LogP contribution in [0.25, 0.3) is 0 Å². The number of hydrogen-bond donors (Lipinski definition) is 3. The lowest BCUT2D eigenvalue weighted by Gasteiger charge is -2.29. The molecule has 0 saturated carbocycles. The van der Waals surface area contributed by atoms with Gasteiger partial charge in [-0.05, 0) is 116 Å². The molecule has 2 amide bonds. The van der Waals surface area contributed by atoms with E-state index in [1.165, 1.54) is 38.3 Å². The molecule has 3 N–H and O–H groups in total. The van der Waals surface area contributed by atoms with Gasteiger partial charge in [-0.15, -0.1) is 9.78 Å². The Morgan fingerprint density at radius 3 is 1.30 bits per heavy atom. The minimum atomic E-state index is -1.94. The van der Waals surface area contributed by atoms with Crippen LogP contribution in [-0.2, 0) is 69.0 Å². The molecule has 4 unspecified atom stereocenters. The first-order valence-corrected chi connectivity index (χ1v) is 38.8. The summed E-state index contributed by atoms with van der Waals surface area (Å²) in [5, 5.41) is 14.3. The van der Waals surface area contributed by atoms with E-state index in [-0.39, 0.29) is 37.1 Å². The van der Waals surface area contributed by atoms with Crippen molar-refractivity contribution in [1.29, 1.82) is 0 Å². The van der Waals surface area contributed by atoms with Gasteiger partial charge in [-0.3, -0.25) is 18.7 Å². The van der Waals surface area contributed by atoms with Gasteiger partial charge in [0.25, 0.3) is 6.61 Å². The van der Waals surface area contributed by atoms with E-state index in [9.17, 15) is 33.9 Å². The van der Waals surface area contributed by atoms with Crippen LogP contribution in [0.15, 0.2) is 34.1 Å². The maximum atomic E-state index is 12.9. The lowest BCUT2D eigenvalue weighted by Crippen LogP contribution is -2.30. The van der Waals surface area contributed by atoms with Gasteiger partial charge in [-0.1, -0.05) is 0 Å². The second-order valence-electron chi connectivity index (χ2n) is 20.2. The van der Waals surface area contributed by atoms with Gasteiger partial charge >= 0.3 is 40.5 Å². The Balaban J connectivity index is 1.16. The molecule has 2 saturated heterocycles. The molecule has 0 radical (unpaired) electrons. The Morgan fingerprint density at radius 2 is 0.986 bits per heavy atom. The molecule has 4 rings (SSSR count). The molecule has 2 aliphatic rings. The summed E-state index contributed by atoms with van der Waals surface area (Å²) in [6, 6.07) is 2.84. The lowest BCUT2D eigenvalue weighted by molar-refractivity contribution is -0.609. The smallest absolute Gasteiger partial charge is 0.388 e. The van der Waals surface area contributed by atoms with E-state index in [0.717, 1.165) is 0 Å². The first-order valence-electron chi connectivity index (χ1n) is 23.0. The number of aromatic nitrogens is 4. The third kappa shape index (κ3) is 22.8. The van der Waals surface area contributed by atoms with E-state index in [0.29, 0.717) is 25.7 Å². The van der Waals surface area contributed by atoms with Crippen LogP contribution in [0.3, 0.4) is 0 Å². The number of rotatable bonds is 28. The lowest BCUT2D eigenvalue weighted by atomic mass is 10.2.